The molecule has 5 heteroatoms. The van der Waals surface area contributed by atoms with Gasteiger partial charge in [-0.1, -0.05) is 0 Å². The summed E-state index contributed by atoms with van der Waals surface area (Å²) in [5.41, 5.74) is 2.47. The average molecular weight is 346 g/mol. The monoisotopic (exact) mass is 347 g/mol. The van der Waals surface area contributed by atoms with Crippen LogP contribution in [0.5, 0.6) is 0 Å². The number of hydrogen-bond donors (Lipinski definition) is 2. The van der Waals surface area contributed by atoms with Crippen LogP contribution < -0.4 is 21.2 Å². The van der Waals surface area contributed by atoms with Gasteiger partial charge < -0.3 is 0 Å². The molecule has 3 atom stereocenters. The van der Waals surface area contributed by atoms with Gasteiger partial charge in [-0.25, -0.2) is 0 Å². The summed E-state index contributed by atoms with van der Waals surface area (Å²) in [5.74, 6) is 0.368. The second-order valence-corrected chi connectivity index (χ2v) is 8.00. The van der Waals surface area contributed by atoms with E-state index in [1.54, 1.807) is 0 Å². The van der Waals surface area contributed by atoms with Gasteiger partial charge in [-0.2, -0.15) is 0 Å². The molecule has 0 aliphatic carbocycles. The van der Waals surface area contributed by atoms with Crippen LogP contribution >= 0.6 is 0 Å². The van der Waals surface area contributed by atoms with Crippen molar-refractivity contribution in [1.29, 1.82) is 0 Å². The van der Waals surface area contributed by atoms with Crippen molar-refractivity contribution in [2.45, 2.75) is 31.4 Å². The van der Waals surface area contributed by atoms with Crippen molar-refractivity contribution >= 4 is 26.4 Å². The number of benzene rings is 1. The molecule has 2 N–H and O–H groups in total. The summed E-state index contributed by atoms with van der Waals surface area (Å²) >= 11 is 0.102. The van der Waals surface area contributed by atoms with E-state index in [1.807, 2.05) is 6.07 Å². The van der Waals surface area contributed by atoms with Gasteiger partial charge >= 0.3 is 129 Å². The van der Waals surface area contributed by atoms with Crippen molar-refractivity contribution in [3.8, 4) is 0 Å². The average Bonchev–Trinajstić information content (AvgIpc) is 2.86. The molecule has 4 nitrogen and oxygen atoms in total. The van der Waals surface area contributed by atoms with Crippen LogP contribution in [0.1, 0.15) is 20.3 Å². The second-order valence-electron chi connectivity index (χ2n) is 5.64. The number of carbonyl (C=O) groups excluding carboxylic acids is 1. The van der Waals surface area contributed by atoms with Gasteiger partial charge in [0.25, 0.3) is 0 Å². The SMILES string of the molecule is CCC1NC(=O)C2=C(N1)C1C(C)=c3ccccc3=NC1[Se]2. The predicted octanol–water partition coefficient (Wildman–Crippen LogP) is -0.182. The Balaban J connectivity index is 1.86. The third-order valence-electron chi connectivity index (χ3n) is 4.39. The molecule has 0 saturated heterocycles. The topological polar surface area (TPSA) is 53.5 Å². The fourth-order valence-electron chi connectivity index (χ4n) is 3.27. The van der Waals surface area contributed by atoms with Crippen LogP contribution in [-0.4, -0.2) is 32.0 Å². The Morgan fingerprint density at radius 1 is 1.29 bits per heavy atom. The number of nitrogens with zero attached hydrogens (tertiary/aromatic N) is 1. The molecule has 3 aliphatic heterocycles. The number of hydrogen-bond acceptors (Lipinski definition) is 3. The molecule has 3 heterocycles. The number of carbonyl (C=O) groups is 1. The van der Waals surface area contributed by atoms with Crippen LogP contribution in [0.15, 0.2) is 39.4 Å². The third-order valence-corrected chi connectivity index (χ3v) is 7.03. The summed E-state index contributed by atoms with van der Waals surface area (Å²) in [5, 5.41) is 8.88. The molecule has 3 aliphatic rings. The molecule has 0 aromatic heterocycles. The van der Waals surface area contributed by atoms with Crippen LogP contribution in [0.3, 0.4) is 0 Å². The van der Waals surface area contributed by atoms with E-state index >= 15 is 0 Å². The van der Waals surface area contributed by atoms with Crippen molar-refractivity contribution in [3.05, 3.63) is 45.0 Å². The first-order valence-corrected chi connectivity index (χ1v) is 9.15. The Morgan fingerprint density at radius 2 is 2.10 bits per heavy atom. The van der Waals surface area contributed by atoms with Crippen LogP contribution in [0.4, 0.5) is 0 Å². The number of fused-ring (bicyclic) bond motifs is 3. The van der Waals surface area contributed by atoms with Crippen molar-refractivity contribution in [3.63, 3.8) is 0 Å². The van der Waals surface area contributed by atoms with E-state index in [4.69, 9.17) is 4.99 Å². The molecule has 1 aromatic carbocycles. The first-order valence-electron chi connectivity index (χ1n) is 7.31. The van der Waals surface area contributed by atoms with Crippen LogP contribution in [0.2, 0.25) is 0 Å². The van der Waals surface area contributed by atoms with Gasteiger partial charge in [0, 0.05) is 0 Å². The molecular weight excluding hydrogens is 329 g/mol. The van der Waals surface area contributed by atoms with Gasteiger partial charge in [0.15, 0.2) is 0 Å². The first-order chi connectivity index (χ1) is 10.2. The molecule has 0 spiro atoms. The van der Waals surface area contributed by atoms with Crippen molar-refractivity contribution in [2.75, 3.05) is 0 Å². The summed E-state index contributed by atoms with van der Waals surface area (Å²) in [7, 11) is 0. The molecule has 0 bridgehead atoms. The van der Waals surface area contributed by atoms with E-state index in [9.17, 15) is 4.79 Å². The summed E-state index contributed by atoms with van der Waals surface area (Å²) in [6.07, 6.45) is 0.940. The molecule has 0 fully saturated rings. The Kier molecular flexibility index (Phi) is 2.94. The zero-order valence-corrected chi connectivity index (χ0v) is 13.7. The predicted molar refractivity (Wildman–Crippen MR) is 81.7 cm³/mol. The Morgan fingerprint density at radius 3 is 2.90 bits per heavy atom. The number of rotatable bonds is 1. The maximum absolute atomic E-state index is 12.3. The molecule has 0 radical (unpaired) electrons. The van der Waals surface area contributed by atoms with Gasteiger partial charge in [-0.15, -0.1) is 0 Å². The molecule has 108 valence electrons. The standard InChI is InChI=1S/C16H17N3OSe/c1-3-11-18-13-12-8(2)9-6-4-5-7-10(9)17-16(12)21-14(13)15(20)19-11/h4-7,11-12,16,18H,3H2,1-2H3,(H,19,20). The molecule has 3 unspecified atom stereocenters. The summed E-state index contributed by atoms with van der Waals surface area (Å²) < 4.78 is 0.957. The Hall–Kier alpha value is -1.58. The second kappa shape index (κ2) is 4.72. The minimum atomic E-state index is 0.0516. The maximum atomic E-state index is 12.3. The molecule has 1 amide bonds. The Labute approximate surface area is 129 Å². The van der Waals surface area contributed by atoms with Gasteiger partial charge in [0.1, 0.15) is 0 Å². The van der Waals surface area contributed by atoms with E-state index < -0.39 is 0 Å². The van der Waals surface area contributed by atoms with E-state index in [-0.39, 0.29) is 37.9 Å². The number of para-hydroxylation sites is 1. The number of nitrogens with one attached hydrogen (secondary N) is 2. The fraction of sp³-hybridized carbons (Fsp3) is 0.375. The van der Waals surface area contributed by atoms with Gasteiger partial charge in [0.05, 0.1) is 0 Å². The van der Waals surface area contributed by atoms with E-state index in [0.29, 0.717) is 0 Å². The number of amides is 1. The van der Waals surface area contributed by atoms with E-state index in [1.165, 1.54) is 10.8 Å². The van der Waals surface area contributed by atoms with E-state index in [0.717, 1.165) is 21.9 Å². The van der Waals surface area contributed by atoms with Crippen molar-refractivity contribution in [1.82, 2.24) is 10.6 Å². The van der Waals surface area contributed by atoms with E-state index in [2.05, 4.69) is 42.7 Å². The molecule has 1 aromatic rings. The molecule has 4 rings (SSSR count). The zero-order chi connectivity index (χ0) is 14.6. The van der Waals surface area contributed by atoms with Gasteiger partial charge in [0.2, 0.25) is 0 Å². The third kappa shape index (κ3) is 1.88. The summed E-state index contributed by atoms with van der Waals surface area (Å²) in [6.45, 7) is 4.27. The fourth-order valence-corrected chi connectivity index (χ4v) is 6.13. The molecular formula is C16H17N3OSe. The molecule has 0 saturated carbocycles. The minimum absolute atomic E-state index is 0.0516. The van der Waals surface area contributed by atoms with Crippen LogP contribution in [0, 0.1) is 5.92 Å². The summed E-state index contributed by atoms with van der Waals surface area (Å²) in [6, 6.07) is 8.30. The summed E-state index contributed by atoms with van der Waals surface area (Å²) in [4.78, 5) is 17.5. The quantitative estimate of drug-likeness (QED) is 0.693. The van der Waals surface area contributed by atoms with Gasteiger partial charge in [-0.3, -0.25) is 0 Å². The van der Waals surface area contributed by atoms with Gasteiger partial charge in [-0.05, 0) is 0 Å². The Bertz CT molecular complexity index is 783. The first kappa shape index (κ1) is 13.1. The van der Waals surface area contributed by atoms with Crippen molar-refractivity contribution in [2.24, 2.45) is 10.9 Å². The normalized spacial score (nSPS) is 29.9. The van der Waals surface area contributed by atoms with Crippen molar-refractivity contribution < 1.29 is 4.79 Å². The van der Waals surface area contributed by atoms with Crippen LogP contribution in [0.25, 0.3) is 5.57 Å². The van der Waals surface area contributed by atoms with Crippen LogP contribution in [-0.2, 0) is 4.79 Å². The zero-order valence-electron chi connectivity index (χ0n) is 12.0. The molecule has 21 heavy (non-hydrogen) atoms.